The Balaban J connectivity index is 2.13. The van der Waals surface area contributed by atoms with Crippen molar-refractivity contribution in [3.63, 3.8) is 0 Å². The minimum Gasteiger partial charge on any atom is -0.383 e. The number of halogens is 1. The first-order chi connectivity index (χ1) is 8.20. The van der Waals surface area contributed by atoms with Gasteiger partial charge in [0, 0.05) is 29.1 Å². The molecule has 0 aliphatic carbocycles. The summed E-state index contributed by atoms with van der Waals surface area (Å²) in [6.45, 7) is 2.88. The van der Waals surface area contributed by atoms with E-state index in [-0.39, 0.29) is 0 Å². The number of ether oxygens (including phenoxy) is 1. The summed E-state index contributed by atoms with van der Waals surface area (Å²) < 4.78 is 5.16. The fraction of sp³-hybridized carbons (Fsp3) is 0.538. The van der Waals surface area contributed by atoms with Gasteiger partial charge in [0.1, 0.15) is 0 Å². The van der Waals surface area contributed by atoms with E-state index in [1.807, 2.05) is 17.8 Å². The van der Waals surface area contributed by atoms with Gasteiger partial charge >= 0.3 is 0 Å². The van der Waals surface area contributed by atoms with Crippen LogP contribution in [0.4, 0.5) is 0 Å². The van der Waals surface area contributed by atoms with E-state index in [1.165, 1.54) is 10.5 Å². The zero-order chi connectivity index (χ0) is 12.3. The number of methoxy groups -OCH3 is 1. The molecule has 2 unspecified atom stereocenters. The predicted octanol–water partition coefficient (Wildman–Crippen LogP) is 3.50. The van der Waals surface area contributed by atoms with E-state index in [0.717, 1.165) is 23.8 Å². The van der Waals surface area contributed by atoms with Gasteiger partial charge in [-0.25, -0.2) is 0 Å². The first-order valence-electron chi connectivity index (χ1n) is 5.88. The van der Waals surface area contributed by atoms with Gasteiger partial charge in [-0.15, -0.1) is 11.8 Å². The first kappa shape index (κ1) is 13.2. The van der Waals surface area contributed by atoms with E-state index in [1.54, 1.807) is 7.11 Å². The Morgan fingerprint density at radius 2 is 2.41 bits per heavy atom. The predicted molar refractivity (Wildman–Crippen MR) is 74.0 cm³/mol. The van der Waals surface area contributed by atoms with Crippen LogP contribution >= 0.6 is 23.4 Å². The summed E-state index contributed by atoms with van der Waals surface area (Å²) in [6.07, 6.45) is 1.14. The highest BCUT2D eigenvalue weighted by molar-refractivity contribution is 7.99. The lowest BCUT2D eigenvalue weighted by Crippen LogP contribution is -2.35. The van der Waals surface area contributed by atoms with Crippen molar-refractivity contribution in [2.75, 3.05) is 19.5 Å². The summed E-state index contributed by atoms with van der Waals surface area (Å²) in [7, 11) is 1.74. The van der Waals surface area contributed by atoms with Crippen LogP contribution in [0.2, 0.25) is 5.02 Å². The largest absolute Gasteiger partial charge is 0.383 e. The number of fused-ring (bicyclic) bond motifs is 1. The fourth-order valence-corrected chi connectivity index (χ4v) is 3.47. The Kier molecular flexibility index (Phi) is 4.74. The van der Waals surface area contributed by atoms with Crippen molar-refractivity contribution in [2.24, 2.45) is 0 Å². The smallest absolute Gasteiger partial charge is 0.0613 e. The van der Waals surface area contributed by atoms with E-state index in [4.69, 9.17) is 16.3 Å². The zero-order valence-electron chi connectivity index (χ0n) is 10.2. The molecule has 2 atom stereocenters. The van der Waals surface area contributed by atoms with Crippen molar-refractivity contribution < 1.29 is 4.74 Å². The van der Waals surface area contributed by atoms with Gasteiger partial charge < -0.3 is 10.1 Å². The second-order valence-electron chi connectivity index (χ2n) is 4.39. The van der Waals surface area contributed by atoms with E-state index < -0.39 is 0 Å². The molecule has 0 fully saturated rings. The minimum absolute atomic E-state index is 0.361. The third-order valence-corrected chi connectivity index (χ3v) is 4.27. The molecule has 2 nitrogen and oxygen atoms in total. The molecular formula is C13H18ClNOS. The van der Waals surface area contributed by atoms with Crippen LogP contribution in [0.25, 0.3) is 0 Å². The Bertz CT molecular complexity index is 386. The topological polar surface area (TPSA) is 21.3 Å². The van der Waals surface area contributed by atoms with E-state index in [0.29, 0.717) is 12.1 Å². The number of thioether (sulfide) groups is 1. The molecule has 94 valence electrons. The Hall–Kier alpha value is -0.220. The molecule has 17 heavy (non-hydrogen) atoms. The highest BCUT2D eigenvalue weighted by Gasteiger charge is 2.22. The number of benzene rings is 1. The number of nitrogens with one attached hydrogen (secondary N) is 1. The fourth-order valence-electron chi connectivity index (χ4n) is 2.18. The minimum atomic E-state index is 0.361. The third kappa shape index (κ3) is 3.38. The van der Waals surface area contributed by atoms with Crippen LogP contribution in [0.1, 0.15) is 24.9 Å². The number of rotatable bonds is 4. The SMILES string of the molecule is COCC(C)NC1CCSc2ccc(Cl)cc21. The summed E-state index contributed by atoms with van der Waals surface area (Å²) in [5.41, 5.74) is 1.33. The molecule has 0 radical (unpaired) electrons. The van der Waals surface area contributed by atoms with Crippen LogP contribution in [0.5, 0.6) is 0 Å². The molecule has 1 aliphatic heterocycles. The molecule has 0 amide bonds. The Morgan fingerprint density at radius 3 is 3.18 bits per heavy atom. The number of hydrogen-bond donors (Lipinski definition) is 1. The molecule has 4 heteroatoms. The van der Waals surface area contributed by atoms with E-state index in [9.17, 15) is 0 Å². The summed E-state index contributed by atoms with van der Waals surface area (Å²) >= 11 is 7.99. The molecule has 0 aromatic heterocycles. The van der Waals surface area contributed by atoms with Gasteiger partial charge in [-0.05, 0) is 42.9 Å². The van der Waals surface area contributed by atoms with Crippen molar-refractivity contribution in [1.29, 1.82) is 0 Å². The maximum Gasteiger partial charge on any atom is 0.0613 e. The van der Waals surface area contributed by atoms with Crippen molar-refractivity contribution in [2.45, 2.75) is 30.3 Å². The molecule has 1 N–H and O–H groups in total. The maximum absolute atomic E-state index is 6.08. The molecule has 1 aromatic rings. The van der Waals surface area contributed by atoms with Gasteiger partial charge in [-0.1, -0.05) is 11.6 Å². The summed E-state index contributed by atoms with van der Waals surface area (Å²) in [4.78, 5) is 1.35. The van der Waals surface area contributed by atoms with Crippen LogP contribution in [0, 0.1) is 0 Å². The Morgan fingerprint density at radius 1 is 1.59 bits per heavy atom. The monoisotopic (exact) mass is 271 g/mol. The summed E-state index contributed by atoms with van der Waals surface area (Å²) in [5, 5.41) is 4.42. The molecule has 1 aromatic carbocycles. The van der Waals surface area contributed by atoms with Gasteiger partial charge in [0.25, 0.3) is 0 Å². The molecule has 0 saturated carbocycles. The molecule has 1 heterocycles. The van der Waals surface area contributed by atoms with Gasteiger partial charge in [0.2, 0.25) is 0 Å². The molecule has 0 spiro atoms. The highest BCUT2D eigenvalue weighted by Crippen LogP contribution is 2.37. The average molecular weight is 272 g/mol. The molecule has 0 bridgehead atoms. The van der Waals surface area contributed by atoms with Gasteiger partial charge in [-0.2, -0.15) is 0 Å². The quantitative estimate of drug-likeness (QED) is 0.906. The van der Waals surface area contributed by atoms with Crippen LogP contribution < -0.4 is 5.32 Å². The number of hydrogen-bond acceptors (Lipinski definition) is 3. The first-order valence-corrected chi connectivity index (χ1v) is 7.24. The van der Waals surface area contributed by atoms with Gasteiger partial charge in [0.15, 0.2) is 0 Å². The summed E-state index contributed by atoms with van der Waals surface area (Å²) in [5.74, 6) is 1.16. The normalized spacial score (nSPS) is 21.0. The van der Waals surface area contributed by atoms with Crippen molar-refractivity contribution in [1.82, 2.24) is 5.32 Å². The molecule has 0 saturated heterocycles. The molecule has 2 rings (SSSR count). The third-order valence-electron chi connectivity index (χ3n) is 2.91. The second-order valence-corrected chi connectivity index (χ2v) is 5.97. The maximum atomic E-state index is 6.08. The average Bonchev–Trinajstić information content (AvgIpc) is 2.30. The lowest BCUT2D eigenvalue weighted by Gasteiger charge is -2.28. The Labute approximate surface area is 112 Å². The second kappa shape index (κ2) is 6.10. The van der Waals surface area contributed by atoms with Crippen LogP contribution in [0.3, 0.4) is 0 Å². The van der Waals surface area contributed by atoms with Crippen LogP contribution in [0.15, 0.2) is 23.1 Å². The molecule has 1 aliphatic rings. The van der Waals surface area contributed by atoms with Gasteiger partial charge in [-0.3, -0.25) is 0 Å². The summed E-state index contributed by atoms with van der Waals surface area (Å²) in [6, 6.07) is 6.93. The van der Waals surface area contributed by atoms with Crippen molar-refractivity contribution in [3.05, 3.63) is 28.8 Å². The standard InChI is InChI=1S/C13H18ClNOS/c1-9(8-16-2)15-12-5-6-17-13-4-3-10(14)7-11(12)13/h3-4,7,9,12,15H,5-6,8H2,1-2H3. The van der Waals surface area contributed by atoms with Gasteiger partial charge in [0.05, 0.1) is 6.61 Å². The van der Waals surface area contributed by atoms with Crippen molar-refractivity contribution in [3.8, 4) is 0 Å². The zero-order valence-corrected chi connectivity index (χ0v) is 11.8. The van der Waals surface area contributed by atoms with Crippen molar-refractivity contribution >= 4 is 23.4 Å². The van der Waals surface area contributed by atoms with Crippen LogP contribution in [-0.4, -0.2) is 25.5 Å². The lowest BCUT2D eigenvalue weighted by atomic mass is 10.0. The lowest BCUT2D eigenvalue weighted by molar-refractivity contribution is 0.166. The molecular weight excluding hydrogens is 254 g/mol. The van der Waals surface area contributed by atoms with E-state index in [2.05, 4.69) is 24.4 Å². The van der Waals surface area contributed by atoms with Crippen LogP contribution in [-0.2, 0) is 4.74 Å². The van der Waals surface area contributed by atoms with E-state index >= 15 is 0 Å². The highest BCUT2D eigenvalue weighted by atomic mass is 35.5.